The Bertz CT molecular complexity index is 445. The van der Waals surface area contributed by atoms with Crippen LogP contribution in [0.2, 0.25) is 0 Å². The lowest BCUT2D eigenvalue weighted by Crippen LogP contribution is -2.26. The molecule has 0 saturated heterocycles. The van der Waals surface area contributed by atoms with Crippen molar-refractivity contribution in [2.24, 2.45) is 0 Å². The quantitative estimate of drug-likeness (QED) is 0.925. The molecule has 1 fully saturated rings. The van der Waals surface area contributed by atoms with Crippen LogP contribution in [0.5, 0.6) is 0 Å². The largest absolute Gasteiger partial charge is 0.395 e. The maximum Gasteiger partial charge on any atom is 0.195 e. The van der Waals surface area contributed by atoms with Crippen molar-refractivity contribution in [2.45, 2.75) is 21.8 Å². The Labute approximate surface area is 94.8 Å². The van der Waals surface area contributed by atoms with Gasteiger partial charge in [0.05, 0.1) is 10.4 Å². The minimum Gasteiger partial charge on any atom is -0.395 e. The van der Waals surface area contributed by atoms with Crippen LogP contribution in [0.15, 0.2) is 20.1 Å². The van der Waals surface area contributed by atoms with Crippen molar-refractivity contribution < 1.29 is 13.5 Å². The molecule has 3 nitrogen and oxygen atoms in total. The first-order valence-corrected chi connectivity index (χ1v) is 7.22. The summed E-state index contributed by atoms with van der Waals surface area (Å²) < 4.78 is 24.2. The number of aliphatic hydroxyl groups is 1. The van der Waals surface area contributed by atoms with E-state index < -0.39 is 14.6 Å². The third-order valence-corrected chi connectivity index (χ3v) is 7.15. The monoisotopic (exact) mass is 296 g/mol. The van der Waals surface area contributed by atoms with E-state index in [-0.39, 0.29) is 6.61 Å². The lowest BCUT2D eigenvalue weighted by molar-refractivity contribution is 0.283. The molecule has 0 spiro atoms. The van der Waals surface area contributed by atoms with Crippen molar-refractivity contribution in [1.82, 2.24) is 0 Å². The molecular formula is C8H9BrO3S2. The Morgan fingerprint density at radius 2 is 2.14 bits per heavy atom. The summed E-state index contributed by atoms with van der Waals surface area (Å²) in [4.78, 5) is 0. The zero-order chi connectivity index (χ0) is 10.4. The minimum absolute atomic E-state index is 0.273. The zero-order valence-electron chi connectivity index (χ0n) is 7.23. The maximum atomic E-state index is 12.0. The summed E-state index contributed by atoms with van der Waals surface area (Å²) in [6, 6.07) is 3.30. The van der Waals surface area contributed by atoms with Crippen LogP contribution in [0.25, 0.3) is 0 Å². The molecule has 1 aromatic rings. The van der Waals surface area contributed by atoms with Crippen LogP contribution in [-0.2, 0) is 9.84 Å². The molecule has 0 amide bonds. The molecule has 78 valence electrons. The standard InChI is InChI=1S/C8H9BrO3S2/c9-6-1-2-7(13-6)14(11,12)8(5-10)3-4-8/h1-2,10H,3-5H2. The Morgan fingerprint density at radius 3 is 2.50 bits per heavy atom. The minimum atomic E-state index is -3.32. The van der Waals surface area contributed by atoms with Gasteiger partial charge in [0, 0.05) is 0 Å². The van der Waals surface area contributed by atoms with Gasteiger partial charge >= 0.3 is 0 Å². The number of halogens is 1. The smallest absolute Gasteiger partial charge is 0.195 e. The lowest BCUT2D eigenvalue weighted by Gasteiger charge is -2.10. The van der Waals surface area contributed by atoms with Gasteiger partial charge in [0.1, 0.15) is 8.96 Å². The second kappa shape index (κ2) is 3.30. The SMILES string of the molecule is O=S(=O)(c1ccc(Br)s1)C1(CO)CC1. The number of aliphatic hydroxyl groups excluding tert-OH is 1. The van der Waals surface area contributed by atoms with Crippen molar-refractivity contribution in [2.75, 3.05) is 6.61 Å². The van der Waals surface area contributed by atoms with E-state index in [1.54, 1.807) is 12.1 Å². The number of rotatable bonds is 3. The number of thiophene rings is 1. The Hall–Kier alpha value is 0.0900. The highest BCUT2D eigenvalue weighted by molar-refractivity contribution is 9.11. The highest BCUT2D eigenvalue weighted by Crippen LogP contribution is 2.47. The van der Waals surface area contributed by atoms with Crippen molar-refractivity contribution in [3.8, 4) is 0 Å². The molecule has 6 heteroatoms. The third-order valence-electron chi connectivity index (χ3n) is 2.48. The second-order valence-corrected chi connectivity index (χ2v) is 8.44. The average Bonchev–Trinajstić information content (AvgIpc) is 2.84. The molecule has 0 aromatic carbocycles. The lowest BCUT2D eigenvalue weighted by atomic mass is 10.5. The summed E-state index contributed by atoms with van der Waals surface area (Å²) in [6.07, 6.45) is 1.14. The molecule has 1 aliphatic carbocycles. The van der Waals surface area contributed by atoms with Crippen molar-refractivity contribution in [3.05, 3.63) is 15.9 Å². The van der Waals surface area contributed by atoms with Crippen molar-refractivity contribution in [1.29, 1.82) is 0 Å². The topological polar surface area (TPSA) is 54.4 Å². The van der Waals surface area contributed by atoms with Gasteiger partial charge < -0.3 is 5.11 Å². The third kappa shape index (κ3) is 1.44. The van der Waals surface area contributed by atoms with Gasteiger partial charge in [0.15, 0.2) is 9.84 Å². The number of hydrogen-bond donors (Lipinski definition) is 1. The Balaban J connectivity index is 2.43. The Kier molecular flexibility index (Phi) is 2.50. The highest BCUT2D eigenvalue weighted by Gasteiger charge is 2.55. The van der Waals surface area contributed by atoms with Crippen LogP contribution in [-0.4, -0.2) is 24.9 Å². The second-order valence-electron chi connectivity index (χ2n) is 3.40. The summed E-state index contributed by atoms with van der Waals surface area (Å²) in [6.45, 7) is -0.273. The summed E-state index contributed by atoms with van der Waals surface area (Å²) in [5.74, 6) is 0. The highest BCUT2D eigenvalue weighted by atomic mass is 79.9. The van der Waals surface area contributed by atoms with Crippen molar-refractivity contribution >= 4 is 37.1 Å². The van der Waals surface area contributed by atoms with Gasteiger partial charge in [-0.1, -0.05) is 0 Å². The zero-order valence-corrected chi connectivity index (χ0v) is 10.5. The van der Waals surface area contributed by atoms with E-state index in [9.17, 15) is 8.42 Å². The van der Waals surface area contributed by atoms with Crippen LogP contribution in [0.3, 0.4) is 0 Å². The van der Waals surface area contributed by atoms with Gasteiger partial charge in [-0.3, -0.25) is 0 Å². The Morgan fingerprint density at radius 1 is 1.50 bits per heavy atom. The van der Waals surface area contributed by atoms with Gasteiger partial charge in [-0.15, -0.1) is 11.3 Å². The number of sulfone groups is 1. The summed E-state index contributed by atoms with van der Waals surface area (Å²) in [5.41, 5.74) is 0. The van der Waals surface area contributed by atoms with Crippen LogP contribution in [0.4, 0.5) is 0 Å². The normalized spacial score (nSPS) is 19.6. The molecule has 1 heterocycles. The molecule has 1 N–H and O–H groups in total. The van der Waals surface area contributed by atoms with Crippen LogP contribution in [0.1, 0.15) is 12.8 Å². The summed E-state index contributed by atoms with van der Waals surface area (Å²) in [7, 11) is -3.32. The molecule has 14 heavy (non-hydrogen) atoms. The average molecular weight is 297 g/mol. The molecule has 1 aliphatic rings. The van der Waals surface area contributed by atoms with Gasteiger partial charge in [0.25, 0.3) is 0 Å². The first-order chi connectivity index (χ1) is 6.52. The van der Waals surface area contributed by atoms with E-state index in [2.05, 4.69) is 15.9 Å². The van der Waals surface area contributed by atoms with E-state index in [1.807, 2.05) is 0 Å². The molecule has 0 aliphatic heterocycles. The van der Waals surface area contributed by atoms with E-state index in [0.717, 1.165) is 3.79 Å². The molecule has 0 unspecified atom stereocenters. The first-order valence-electron chi connectivity index (χ1n) is 4.13. The van der Waals surface area contributed by atoms with E-state index >= 15 is 0 Å². The molecule has 0 bridgehead atoms. The van der Waals surface area contributed by atoms with Crippen LogP contribution >= 0.6 is 27.3 Å². The first kappa shape index (κ1) is 10.6. The van der Waals surface area contributed by atoms with E-state index in [1.165, 1.54) is 11.3 Å². The fourth-order valence-corrected chi connectivity index (χ4v) is 5.47. The maximum absolute atomic E-state index is 12.0. The molecule has 0 atom stereocenters. The molecule has 1 aromatic heterocycles. The molecule has 0 radical (unpaired) electrons. The predicted octanol–water partition coefficient (Wildman–Crippen LogP) is 1.81. The van der Waals surface area contributed by atoms with Gasteiger partial charge in [0.2, 0.25) is 0 Å². The van der Waals surface area contributed by atoms with Gasteiger partial charge in [-0.2, -0.15) is 0 Å². The van der Waals surface area contributed by atoms with Crippen molar-refractivity contribution in [3.63, 3.8) is 0 Å². The fourth-order valence-electron chi connectivity index (χ4n) is 1.31. The van der Waals surface area contributed by atoms with E-state index in [0.29, 0.717) is 17.1 Å². The predicted molar refractivity (Wildman–Crippen MR) is 58.3 cm³/mol. The van der Waals surface area contributed by atoms with Gasteiger partial charge in [-0.05, 0) is 40.9 Å². The molecule has 1 saturated carbocycles. The van der Waals surface area contributed by atoms with Gasteiger partial charge in [-0.25, -0.2) is 8.42 Å². The summed E-state index contributed by atoms with van der Waals surface area (Å²) >= 11 is 4.42. The van der Waals surface area contributed by atoms with E-state index in [4.69, 9.17) is 5.11 Å². The number of hydrogen-bond acceptors (Lipinski definition) is 4. The summed E-state index contributed by atoms with van der Waals surface area (Å²) in [5, 5.41) is 9.07. The van der Waals surface area contributed by atoms with Crippen LogP contribution in [0, 0.1) is 0 Å². The molecular weight excluding hydrogens is 288 g/mol. The van der Waals surface area contributed by atoms with Crippen LogP contribution < -0.4 is 0 Å². The fraction of sp³-hybridized carbons (Fsp3) is 0.500. The molecule has 2 rings (SSSR count).